The minimum Gasteiger partial charge on any atom is -0.395 e. The maximum absolute atomic E-state index is 12.0. The standard InChI is InChI=1S/C14H14N2O2S/c17-6-5-15-7-9-8-19-13-12(9)10-3-1-2-4-11(10)16-14(13)18/h1-4,8,15,17H,5-7H2,(H,16,18). The summed E-state index contributed by atoms with van der Waals surface area (Å²) in [5, 5.41) is 16.1. The zero-order valence-corrected chi connectivity index (χ0v) is 11.1. The largest absolute Gasteiger partial charge is 0.395 e. The van der Waals surface area contributed by atoms with E-state index >= 15 is 0 Å². The third kappa shape index (κ3) is 2.16. The highest BCUT2D eigenvalue weighted by Crippen LogP contribution is 2.29. The van der Waals surface area contributed by atoms with Crippen molar-refractivity contribution in [3.8, 4) is 0 Å². The Morgan fingerprint density at radius 2 is 2.16 bits per heavy atom. The monoisotopic (exact) mass is 274 g/mol. The summed E-state index contributed by atoms with van der Waals surface area (Å²) in [5.41, 5.74) is 1.93. The minimum atomic E-state index is -0.0351. The van der Waals surface area contributed by atoms with E-state index in [-0.39, 0.29) is 12.2 Å². The van der Waals surface area contributed by atoms with Crippen LogP contribution in [0.1, 0.15) is 5.56 Å². The molecule has 0 saturated heterocycles. The summed E-state index contributed by atoms with van der Waals surface area (Å²) < 4.78 is 0.763. The number of rotatable bonds is 4. The molecule has 3 rings (SSSR count). The molecule has 3 N–H and O–H groups in total. The van der Waals surface area contributed by atoms with Crippen LogP contribution in [-0.4, -0.2) is 23.2 Å². The van der Waals surface area contributed by atoms with Crippen LogP contribution in [0, 0.1) is 0 Å². The number of benzene rings is 1. The minimum absolute atomic E-state index is 0.0351. The Morgan fingerprint density at radius 1 is 1.32 bits per heavy atom. The number of fused-ring (bicyclic) bond motifs is 3. The van der Waals surface area contributed by atoms with Crippen LogP contribution in [0.4, 0.5) is 0 Å². The molecule has 0 aliphatic heterocycles. The summed E-state index contributed by atoms with van der Waals surface area (Å²) in [6.07, 6.45) is 0. The van der Waals surface area contributed by atoms with Crippen LogP contribution in [0.25, 0.3) is 21.0 Å². The maximum atomic E-state index is 12.0. The van der Waals surface area contributed by atoms with E-state index in [9.17, 15) is 4.79 Å². The Labute approximate surface area is 113 Å². The number of aromatic nitrogens is 1. The molecule has 0 aliphatic carbocycles. The lowest BCUT2D eigenvalue weighted by Gasteiger charge is -2.04. The lowest BCUT2D eigenvalue weighted by Crippen LogP contribution is -2.17. The highest BCUT2D eigenvalue weighted by Gasteiger charge is 2.11. The second-order valence-electron chi connectivity index (χ2n) is 4.37. The van der Waals surface area contributed by atoms with Crippen molar-refractivity contribution in [1.82, 2.24) is 10.3 Å². The summed E-state index contributed by atoms with van der Waals surface area (Å²) in [7, 11) is 0. The van der Waals surface area contributed by atoms with Crippen LogP contribution in [0.5, 0.6) is 0 Å². The third-order valence-electron chi connectivity index (χ3n) is 3.12. The van der Waals surface area contributed by atoms with Gasteiger partial charge in [0.25, 0.3) is 5.56 Å². The summed E-state index contributed by atoms with van der Waals surface area (Å²) in [6, 6.07) is 7.83. The summed E-state index contributed by atoms with van der Waals surface area (Å²) in [6.45, 7) is 1.33. The van der Waals surface area contributed by atoms with Crippen molar-refractivity contribution in [3.05, 3.63) is 45.6 Å². The zero-order chi connectivity index (χ0) is 13.2. The van der Waals surface area contributed by atoms with Crippen molar-refractivity contribution in [2.24, 2.45) is 0 Å². The third-order valence-corrected chi connectivity index (χ3v) is 4.15. The topological polar surface area (TPSA) is 65.1 Å². The van der Waals surface area contributed by atoms with Gasteiger partial charge in [-0.1, -0.05) is 18.2 Å². The Bertz CT molecular complexity index is 776. The number of nitrogens with one attached hydrogen (secondary N) is 2. The van der Waals surface area contributed by atoms with Crippen molar-refractivity contribution in [2.45, 2.75) is 6.54 Å². The molecule has 0 radical (unpaired) electrons. The first-order chi connectivity index (χ1) is 9.31. The molecule has 0 bridgehead atoms. The molecule has 0 saturated carbocycles. The fourth-order valence-corrected chi connectivity index (χ4v) is 3.26. The van der Waals surface area contributed by atoms with Crippen LogP contribution in [-0.2, 0) is 6.54 Å². The van der Waals surface area contributed by atoms with E-state index in [2.05, 4.69) is 10.3 Å². The number of pyridine rings is 1. The predicted molar refractivity (Wildman–Crippen MR) is 78.7 cm³/mol. The molecular formula is C14H14N2O2S. The van der Waals surface area contributed by atoms with Gasteiger partial charge in [0.05, 0.1) is 6.61 Å². The Balaban J connectivity index is 2.21. The molecule has 0 fully saturated rings. The van der Waals surface area contributed by atoms with Crippen LogP contribution in [0.3, 0.4) is 0 Å². The fraction of sp³-hybridized carbons (Fsp3) is 0.214. The SMILES string of the molecule is O=c1[nH]c2ccccc2c2c(CNCCO)csc12. The second-order valence-corrected chi connectivity index (χ2v) is 5.24. The first-order valence-electron chi connectivity index (χ1n) is 6.14. The van der Waals surface area contributed by atoms with Gasteiger partial charge in [0.15, 0.2) is 0 Å². The van der Waals surface area contributed by atoms with Gasteiger partial charge in [0, 0.05) is 29.4 Å². The van der Waals surface area contributed by atoms with E-state index < -0.39 is 0 Å². The summed E-state index contributed by atoms with van der Waals surface area (Å²) in [5.74, 6) is 0. The molecule has 0 aliphatic rings. The van der Waals surface area contributed by atoms with Gasteiger partial charge in [-0.05, 0) is 17.0 Å². The molecule has 2 aromatic heterocycles. The van der Waals surface area contributed by atoms with Gasteiger partial charge in [-0.3, -0.25) is 4.79 Å². The quantitative estimate of drug-likeness (QED) is 0.636. The summed E-state index contributed by atoms with van der Waals surface area (Å²) >= 11 is 1.47. The van der Waals surface area contributed by atoms with Gasteiger partial charge in [0.2, 0.25) is 0 Å². The molecular weight excluding hydrogens is 260 g/mol. The average molecular weight is 274 g/mol. The molecule has 0 atom stereocenters. The van der Waals surface area contributed by atoms with Gasteiger partial charge in [-0.2, -0.15) is 0 Å². The van der Waals surface area contributed by atoms with Gasteiger partial charge in [-0.25, -0.2) is 0 Å². The highest BCUT2D eigenvalue weighted by molar-refractivity contribution is 7.17. The lowest BCUT2D eigenvalue weighted by atomic mass is 10.1. The van der Waals surface area contributed by atoms with E-state index in [0.29, 0.717) is 13.1 Å². The number of hydrogen-bond donors (Lipinski definition) is 3. The molecule has 3 aromatic rings. The first-order valence-corrected chi connectivity index (χ1v) is 7.02. The molecule has 0 unspecified atom stereocenters. The predicted octanol–water partition coefficient (Wildman–Crippen LogP) is 1.82. The maximum Gasteiger partial charge on any atom is 0.266 e. The molecule has 5 heteroatoms. The molecule has 4 nitrogen and oxygen atoms in total. The van der Waals surface area contributed by atoms with Gasteiger partial charge >= 0.3 is 0 Å². The van der Waals surface area contributed by atoms with Crippen molar-refractivity contribution >= 4 is 32.3 Å². The van der Waals surface area contributed by atoms with E-state index in [4.69, 9.17) is 5.11 Å². The highest BCUT2D eigenvalue weighted by atomic mass is 32.1. The number of aliphatic hydroxyl groups excluding tert-OH is 1. The lowest BCUT2D eigenvalue weighted by molar-refractivity contribution is 0.292. The van der Waals surface area contributed by atoms with Crippen LogP contribution in [0.2, 0.25) is 0 Å². The number of aliphatic hydroxyl groups is 1. The van der Waals surface area contributed by atoms with Crippen molar-refractivity contribution in [1.29, 1.82) is 0 Å². The van der Waals surface area contributed by atoms with E-state index in [0.717, 1.165) is 26.6 Å². The van der Waals surface area contributed by atoms with Gasteiger partial charge in [-0.15, -0.1) is 11.3 Å². The number of H-pyrrole nitrogens is 1. The van der Waals surface area contributed by atoms with Gasteiger partial charge in [0.1, 0.15) is 4.70 Å². The Morgan fingerprint density at radius 3 is 3.00 bits per heavy atom. The average Bonchev–Trinajstić information content (AvgIpc) is 2.84. The molecule has 1 aromatic carbocycles. The van der Waals surface area contributed by atoms with E-state index in [1.807, 2.05) is 29.6 Å². The van der Waals surface area contributed by atoms with Crippen molar-refractivity contribution in [2.75, 3.05) is 13.2 Å². The van der Waals surface area contributed by atoms with E-state index in [1.54, 1.807) is 0 Å². The molecule has 0 spiro atoms. The smallest absolute Gasteiger partial charge is 0.266 e. The normalized spacial score (nSPS) is 11.4. The molecule has 0 amide bonds. The Hall–Kier alpha value is -1.69. The second kappa shape index (κ2) is 5.13. The van der Waals surface area contributed by atoms with Crippen molar-refractivity contribution in [3.63, 3.8) is 0 Å². The van der Waals surface area contributed by atoms with Crippen molar-refractivity contribution < 1.29 is 5.11 Å². The molecule has 98 valence electrons. The Kier molecular flexibility index (Phi) is 3.33. The van der Waals surface area contributed by atoms with Crippen LogP contribution in [0.15, 0.2) is 34.4 Å². The number of aromatic amines is 1. The number of thiophene rings is 1. The summed E-state index contributed by atoms with van der Waals surface area (Å²) in [4.78, 5) is 14.9. The number of para-hydroxylation sites is 1. The fourth-order valence-electron chi connectivity index (χ4n) is 2.28. The molecule has 2 heterocycles. The van der Waals surface area contributed by atoms with Gasteiger partial charge < -0.3 is 15.4 Å². The molecule has 19 heavy (non-hydrogen) atoms. The van der Waals surface area contributed by atoms with Crippen LogP contribution >= 0.6 is 11.3 Å². The number of hydrogen-bond acceptors (Lipinski definition) is 4. The van der Waals surface area contributed by atoms with E-state index in [1.165, 1.54) is 11.3 Å². The zero-order valence-electron chi connectivity index (χ0n) is 10.3. The van der Waals surface area contributed by atoms with Crippen LogP contribution < -0.4 is 10.9 Å². The first kappa shape index (κ1) is 12.3.